The van der Waals surface area contributed by atoms with E-state index >= 15 is 0 Å². The van der Waals surface area contributed by atoms with Gasteiger partial charge in [-0.2, -0.15) is 0 Å². The molecule has 8 heteroatoms. The zero-order chi connectivity index (χ0) is 22.7. The van der Waals surface area contributed by atoms with Gasteiger partial charge in [0, 0.05) is 38.0 Å². The molecule has 2 heterocycles. The molecule has 0 spiro atoms. The molecule has 4 rings (SSSR count). The molecule has 1 aromatic heterocycles. The molecule has 2 atom stereocenters. The zero-order valence-corrected chi connectivity index (χ0v) is 19.0. The molecular formula is C24H32FN5O2. The minimum absolute atomic E-state index is 0.0518. The molecule has 2 unspecified atom stereocenters. The highest BCUT2D eigenvalue weighted by Gasteiger charge is 2.34. The van der Waals surface area contributed by atoms with Crippen LogP contribution in [0.15, 0.2) is 35.0 Å². The second-order valence-corrected chi connectivity index (χ2v) is 9.28. The van der Waals surface area contributed by atoms with Gasteiger partial charge in [0.2, 0.25) is 0 Å². The number of amides is 2. The Morgan fingerprint density at radius 3 is 2.75 bits per heavy atom. The number of nitrogens with zero attached hydrogens (tertiary/aromatic N) is 3. The molecule has 1 saturated carbocycles. The number of aromatic nitrogens is 2. The lowest BCUT2D eigenvalue weighted by Crippen LogP contribution is -2.43. The number of nitrogens with one attached hydrogen (secondary N) is 2. The second-order valence-electron chi connectivity index (χ2n) is 9.28. The standard InChI is InChI=1S/C24H32FN5O2/c1-15-27-19(12-16-8-10-24(2,25)11-9-16)13-20(28-15)21-14-22(32-30-21)17-4-6-18(7-5-17)29-23(31)26-3/h8-10,13,17-18,22H,4-7,11-12,14H2,1-3H3,(H2,26,29,31). The summed E-state index contributed by atoms with van der Waals surface area (Å²) >= 11 is 0. The number of halogens is 1. The van der Waals surface area contributed by atoms with Gasteiger partial charge in [0.05, 0.1) is 5.69 Å². The Morgan fingerprint density at radius 2 is 2.06 bits per heavy atom. The second kappa shape index (κ2) is 9.38. The van der Waals surface area contributed by atoms with Crippen molar-refractivity contribution in [2.45, 2.75) is 76.6 Å². The molecule has 1 aliphatic heterocycles. The van der Waals surface area contributed by atoms with Gasteiger partial charge in [-0.3, -0.25) is 0 Å². The van der Waals surface area contributed by atoms with E-state index in [0.29, 0.717) is 24.6 Å². The van der Waals surface area contributed by atoms with Crippen LogP contribution in [0.3, 0.4) is 0 Å². The van der Waals surface area contributed by atoms with E-state index in [1.807, 2.05) is 25.1 Å². The number of oxime groups is 1. The van der Waals surface area contributed by atoms with Crippen LogP contribution in [0.2, 0.25) is 0 Å². The van der Waals surface area contributed by atoms with E-state index in [1.54, 1.807) is 20.0 Å². The molecule has 32 heavy (non-hydrogen) atoms. The van der Waals surface area contributed by atoms with Crippen molar-refractivity contribution in [2.75, 3.05) is 7.05 Å². The first kappa shape index (κ1) is 22.4. The Balaban J connectivity index is 1.35. The van der Waals surface area contributed by atoms with E-state index in [9.17, 15) is 9.18 Å². The first-order valence-corrected chi connectivity index (χ1v) is 11.4. The van der Waals surface area contributed by atoms with E-state index in [2.05, 4.69) is 25.8 Å². The number of carbonyl (C=O) groups is 1. The van der Waals surface area contributed by atoms with Gasteiger partial charge in [0.25, 0.3) is 0 Å². The van der Waals surface area contributed by atoms with Crippen molar-refractivity contribution in [2.24, 2.45) is 11.1 Å². The normalized spacial score (nSPS) is 29.7. The Kier molecular flexibility index (Phi) is 6.58. The summed E-state index contributed by atoms with van der Waals surface area (Å²) in [6.07, 6.45) is 11.1. The zero-order valence-electron chi connectivity index (χ0n) is 19.0. The van der Waals surface area contributed by atoms with Crippen molar-refractivity contribution in [3.63, 3.8) is 0 Å². The van der Waals surface area contributed by atoms with Crippen molar-refractivity contribution in [3.8, 4) is 0 Å². The summed E-state index contributed by atoms with van der Waals surface area (Å²) in [5.74, 6) is 1.12. The summed E-state index contributed by atoms with van der Waals surface area (Å²) < 4.78 is 14.0. The first-order valence-electron chi connectivity index (χ1n) is 11.4. The van der Waals surface area contributed by atoms with Crippen LogP contribution < -0.4 is 10.6 Å². The highest BCUT2D eigenvalue weighted by molar-refractivity contribution is 5.99. The highest BCUT2D eigenvalue weighted by atomic mass is 19.1. The third-order valence-corrected chi connectivity index (χ3v) is 6.53. The van der Waals surface area contributed by atoms with E-state index in [4.69, 9.17) is 4.84 Å². The van der Waals surface area contributed by atoms with Crippen molar-refractivity contribution in [1.82, 2.24) is 20.6 Å². The maximum atomic E-state index is 14.0. The van der Waals surface area contributed by atoms with Crippen molar-refractivity contribution in [1.29, 1.82) is 0 Å². The number of aryl methyl sites for hydroxylation is 1. The van der Waals surface area contributed by atoms with Crippen LogP contribution in [0.5, 0.6) is 0 Å². The summed E-state index contributed by atoms with van der Waals surface area (Å²) in [5.41, 5.74) is 2.36. The maximum absolute atomic E-state index is 14.0. The van der Waals surface area contributed by atoms with Gasteiger partial charge in [0.1, 0.15) is 23.3 Å². The number of rotatable bonds is 5. The summed E-state index contributed by atoms with van der Waals surface area (Å²) in [7, 11) is 1.63. The minimum atomic E-state index is -1.27. The summed E-state index contributed by atoms with van der Waals surface area (Å²) in [6.45, 7) is 3.47. The molecule has 3 aliphatic rings. The molecule has 0 radical (unpaired) electrons. The van der Waals surface area contributed by atoms with Gasteiger partial charge < -0.3 is 15.5 Å². The minimum Gasteiger partial charge on any atom is -0.391 e. The van der Waals surface area contributed by atoms with E-state index in [-0.39, 0.29) is 18.2 Å². The van der Waals surface area contributed by atoms with Crippen molar-refractivity contribution in [3.05, 3.63) is 47.1 Å². The number of allylic oxidation sites excluding steroid dienone is 4. The fourth-order valence-corrected chi connectivity index (χ4v) is 4.65. The van der Waals surface area contributed by atoms with Gasteiger partial charge in [-0.15, -0.1) is 0 Å². The molecule has 2 aliphatic carbocycles. The van der Waals surface area contributed by atoms with Gasteiger partial charge in [-0.1, -0.05) is 17.3 Å². The van der Waals surface area contributed by atoms with Gasteiger partial charge in [-0.25, -0.2) is 19.2 Å². The molecule has 0 aromatic carbocycles. The Hall–Kier alpha value is -2.77. The fraction of sp³-hybridized carbons (Fsp3) is 0.583. The van der Waals surface area contributed by atoms with Crippen LogP contribution >= 0.6 is 0 Å². The Labute approximate surface area is 188 Å². The molecule has 0 saturated heterocycles. The predicted molar refractivity (Wildman–Crippen MR) is 121 cm³/mol. The lowest BCUT2D eigenvalue weighted by molar-refractivity contribution is 0.0239. The number of urea groups is 1. The molecule has 0 bridgehead atoms. The van der Waals surface area contributed by atoms with Crippen LogP contribution in [0.25, 0.3) is 0 Å². The molecule has 1 fully saturated rings. The predicted octanol–water partition coefficient (Wildman–Crippen LogP) is 3.92. The van der Waals surface area contributed by atoms with E-state index in [1.165, 1.54) is 0 Å². The van der Waals surface area contributed by atoms with E-state index in [0.717, 1.165) is 54.8 Å². The summed E-state index contributed by atoms with van der Waals surface area (Å²) in [6, 6.07) is 2.07. The topological polar surface area (TPSA) is 88.5 Å². The maximum Gasteiger partial charge on any atom is 0.314 e. The molecule has 2 amide bonds. The highest BCUT2D eigenvalue weighted by Crippen LogP contribution is 2.33. The van der Waals surface area contributed by atoms with Crippen molar-refractivity contribution >= 4 is 11.7 Å². The average molecular weight is 442 g/mol. The smallest absolute Gasteiger partial charge is 0.314 e. The lowest BCUT2D eigenvalue weighted by atomic mass is 9.81. The van der Waals surface area contributed by atoms with Gasteiger partial charge in [0.15, 0.2) is 0 Å². The number of carbonyl (C=O) groups excluding carboxylic acids is 1. The first-order chi connectivity index (χ1) is 15.3. The third kappa shape index (κ3) is 5.53. The van der Waals surface area contributed by atoms with Gasteiger partial charge >= 0.3 is 6.03 Å². The number of hydrogen-bond donors (Lipinski definition) is 2. The molecule has 2 N–H and O–H groups in total. The lowest BCUT2D eigenvalue weighted by Gasteiger charge is -2.31. The van der Waals surface area contributed by atoms with Crippen LogP contribution in [0.1, 0.15) is 62.7 Å². The number of alkyl halides is 1. The Bertz CT molecular complexity index is 948. The monoisotopic (exact) mass is 441 g/mol. The van der Waals surface area contributed by atoms with Crippen LogP contribution in [0, 0.1) is 12.8 Å². The molecular weight excluding hydrogens is 409 g/mol. The van der Waals surface area contributed by atoms with Crippen molar-refractivity contribution < 1.29 is 14.0 Å². The Morgan fingerprint density at radius 1 is 1.28 bits per heavy atom. The molecule has 7 nitrogen and oxygen atoms in total. The van der Waals surface area contributed by atoms with Crippen LogP contribution in [-0.2, 0) is 11.3 Å². The number of hydrogen-bond acceptors (Lipinski definition) is 5. The summed E-state index contributed by atoms with van der Waals surface area (Å²) in [5, 5.41) is 9.97. The quantitative estimate of drug-likeness (QED) is 0.725. The summed E-state index contributed by atoms with van der Waals surface area (Å²) in [4.78, 5) is 26.5. The average Bonchev–Trinajstić information content (AvgIpc) is 3.26. The third-order valence-electron chi connectivity index (χ3n) is 6.53. The largest absolute Gasteiger partial charge is 0.391 e. The molecule has 1 aromatic rings. The van der Waals surface area contributed by atoms with Gasteiger partial charge in [-0.05, 0) is 63.2 Å². The van der Waals surface area contributed by atoms with E-state index < -0.39 is 5.67 Å². The van der Waals surface area contributed by atoms with Crippen LogP contribution in [-0.4, -0.2) is 46.6 Å². The van der Waals surface area contributed by atoms with Crippen LogP contribution in [0.4, 0.5) is 9.18 Å². The SMILES string of the molecule is CNC(=O)NC1CCC(C2CC(c3cc(CC4=CCC(C)(F)C=C4)nc(C)n3)=NO2)CC1. The molecule has 172 valence electrons. The fourth-order valence-electron chi connectivity index (χ4n) is 4.65.